The Labute approximate surface area is 109 Å². The first-order valence-electron chi connectivity index (χ1n) is 6.21. The molecule has 4 heteroatoms. The molecule has 1 aliphatic rings. The van der Waals surface area contributed by atoms with Crippen LogP contribution in [0.2, 0.25) is 0 Å². The number of rotatable bonds is 2. The van der Waals surface area contributed by atoms with Crippen molar-refractivity contribution in [2.45, 2.75) is 25.2 Å². The summed E-state index contributed by atoms with van der Waals surface area (Å²) >= 11 is 1.72. The first-order chi connectivity index (χ1) is 8.72. The fourth-order valence-corrected chi connectivity index (χ4v) is 3.72. The van der Waals surface area contributed by atoms with Crippen molar-refractivity contribution in [1.82, 2.24) is 9.38 Å². The molecule has 1 saturated carbocycles. The van der Waals surface area contributed by atoms with Crippen LogP contribution in [0.1, 0.15) is 24.1 Å². The van der Waals surface area contributed by atoms with Gasteiger partial charge in [0.05, 0.1) is 22.5 Å². The maximum absolute atomic E-state index is 9.50. The summed E-state index contributed by atoms with van der Waals surface area (Å²) in [6.45, 7) is 2.28. The number of aryl methyl sites for hydroxylation is 1. The molecule has 3 nitrogen and oxygen atoms in total. The van der Waals surface area contributed by atoms with Crippen LogP contribution < -0.4 is 0 Å². The molecular formula is C14H14N2OS. The number of hydrogen-bond donors (Lipinski definition) is 1. The van der Waals surface area contributed by atoms with Gasteiger partial charge >= 0.3 is 0 Å². The quantitative estimate of drug-likeness (QED) is 0.767. The van der Waals surface area contributed by atoms with Gasteiger partial charge in [-0.2, -0.15) is 0 Å². The van der Waals surface area contributed by atoms with Crippen molar-refractivity contribution >= 4 is 26.5 Å². The van der Waals surface area contributed by atoms with E-state index in [1.165, 1.54) is 15.8 Å². The lowest BCUT2D eigenvalue weighted by Gasteiger charge is -2.11. The number of hydrogen-bond acceptors (Lipinski definition) is 3. The normalized spacial score (nSPS) is 17.7. The lowest BCUT2D eigenvalue weighted by atomic mass is 9.97. The number of aliphatic hydroxyl groups excluding tert-OH is 1. The maximum atomic E-state index is 9.50. The van der Waals surface area contributed by atoms with Gasteiger partial charge in [0.15, 0.2) is 4.96 Å². The van der Waals surface area contributed by atoms with E-state index in [2.05, 4.69) is 33.8 Å². The van der Waals surface area contributed by atoms with Crippen molar-refractivity contribution in [1.29, 1.82) is 0 Å². The van der Waals surface area contributed by atoms with E-state index in [4.69, 9.17) is 0 Å². The first-order valence-corrected chi connectivity index (χ1v) is 7.03. The van der Waals surface area contributed by atoms with Crippen LogP contribution in [0.4, 0.5) is 0 Å². The van der Waals surface area contributed by atoms with Crippen LogP contribution in [0, 0.1) is 6.92 Å². The lowest BCUT2D eigenvalue weighted by Crippen LogP contribution is -2.11. The summed E-state index contributed by atoms with van der Waals surface area (Å²) in [6.07, 6.45) is 4.29. The van der Waals surface area contributed by atoms with Gasteiger partial charge in [0.2, 0.25) is 0 Å². The number of thiazole rings is 1. The third kappa shape index (κ3) is 1.30. The lowest BCUT2D eigenvalue weighted by molar-refractivity contribution is 0.255. The number of fused-ring (bicyclic) bond motifs is 3. The third-order valence-corrected chi connectivity index (χ3v) is 5.00. The van der Waals surface area contributed by atoms with E-state index >= 15 is 0 Å². The second-order valence-electron chi connectivity index (χ2n) is 5.26. The second kappa shape index (κ2) is 3.33. The molecule has 0 saturated heterocycles. The summed E-state index contributed by atoms with van der Waals surface area (Å²) in [5.74, 6) is 0. The Balaban J connectivity index is 1.95. The molecule has 1 aromatic carbocycles. The molecule has 0 unspecified atom stereocenters. The minimum Gasteiger partial charge on any atom is -0.395 e. The summed E-state index contributed by atoms with van der Waals surface area (Å²) in [5, 5.41) is 9.50. The highest BCUT2D eigenvalue weighted by Crippen LogP contribution is 2.48. The fraction of sp³-hybridized carbons (Fsp3) is 0.357. The molecule has 1 fully saturated rings. The molecule has 0 amide bonds. The molecule has 3 aromatic rings. The van der Waals surface area contributed by atoms with E-state index < -0.39 is 0 Å². The zero-order valence-electron chi connectivity index (χ0n) is 10.2. The van der Waals surface area contributed by atoms with Crippen LogP contribution in [0.3, 0.4) is 0 Å². The van der Waals surface area contributed by atoms with E-state index in [1.807, 2.05) is 6.92 Å². The van der Waals surface area contributed by atoms with Gasteiger partial charge in [-0.15, -0.1) is 0 Å². The SMILES string of the molecule is Cc1cn2c(n1)sc1cc(C3(CO)CC3)ccc12. The number of aliphatic hydroxyl groups is 1. The Morgan fingerprint density at radius 1 is 1.44 bits per heavy atom. The maximum Gasteiger partial charge on any atom is 0.194 e. The van der Waals surface area contributed by atoms with Crippen molar-refractivity contribution in [3.8, 4) is 0 Å². The van der Waals surface area contributed by atoms with Gasteiger partial charge in [-0.3, -0.25) is 4.40 Å². The highest BCUT2D eigenvalue weighted by Gasteiger charge is 2.43. The summed E-state index contributed by atoms with van der Waals surface area (Å²) in [6, 6.07) is 6.55. The molecule has 92 valence electrons. The Kier molecular flexibility index (Phi) is 1.95. The van der Waals surface area contributed by atoms with E-state index in [9.17, 15) is 5.11 Å². The van der Waals surface area contributed by atoms with Crippen LogP contribution in [0.25, 0.3) is 15.2 Å². The van der Waals surface area contributed by atoms with Gasteiger partial charge in [0, 0.05) is 11.6 Å². The number of nitrogens with zero attached hydrogens (tertiary/aromatic N) is 2. The minimum atomic E-state index is 0.0518. The largest absolute Gasteiger partial charge is 0.395 e. The molecule has 2 aromatic heterocycles. The molecule has 18 heavy (non-hydrogen) atoms. The molecule has 0 bridgehead atoms. The highest BCUT2D eigenvalue weighted by molar-refractivity contribution is 7.23. The second-order valence-corrected chi connectivity index (χ2v) is 6.27. The summed E-state index contributed by atoms with van der Waals surface area (Å²) in [4.78, 5) is 5.56. The van der Waals surface area contributed by atoms with Gasteiger partial charge in [-0.05, 0) is 37.5 Å². The number of imidazole rings is 1. The predicted molar refractivity (Wildman–Crippen MR) is 73.3 cm³/mol. The standard InChI is InChI=1S/C14H14N2OS/c1-9-7-16-11-3-2-10(14(8-17)4-5-14)6-12(11)18-13(16)15-9/h2-3,6-7,17H,4-5,8H2,1H3. The molecular weight excluding hydrogens is 244 g/mol. The van der Waals surface area contributed by atoms with Crippen LogP contribution >= 0.6 is 11.3 Å². The van der Waals surface area contributed by atoms with Gasteiger partial charge < -0.3 is 5.11 Å². The van der Waals surface area contributed by atoms with E-state index in [0.29, 0.717) is 0 Å². The molecule has 0 atom stereocenters. The Hall–Kier alpha value is -1.39. The van der Waals surface area contributed by atoms with Crippen LogP contribution in [0.15, 0.2) is 24.4 Å². The van der Waals surface area contributed by atoms with Crippen molar-refractivity contribution in [2.75, 3.05) is 6.61 Å². The summed E-state index contributed by atoms with van der Waals surface area (Å²) < 4.78 is 3.41. The monoisotopic (exact) mass is 258 g/mol. The molecule has 0 spiro atoms. The first kappa shape index (κ1) is 10.5. The Morgan fingerprint density at radius 3 is 3.00 bits per heavy atom. The zero-order valence-corrected chi connectivity index (χ0v) is 11.0. The molecule has 0 radical (unpaired) electrons. The minimum absolute atomic E-state index is 0.0518. The Bertz CT molecular complexity index is 752. The molecule has 1 aliphatic carbocycles. The van der Waals surface area contributed by atoms with Gasteiger partial charge in [0.1, 0.15) is 0 Å². The topological polar surface area (TPSA) is 37.5 Å². The van der Waals surface area contributed by atoms with E-state index in [0.717, 1.165) is 23.5 Å². The number of aromatic nitrogens is 2. The molecule has 0 aliphatic heterocycles. The van der Waals surface area contributed by atoms with Gasteiger partial charge in [-0.1, -0.05) is 17.4 Å². The zero-order chi connectivity index (χ0) is 12.3. The van der Waals surface area contributed by atoms with Crippen LogP contribution in [-0.4, -0.2) is 21.1 Å². The average Bonchev–Trinajstić information content (AvgIpc) is 2.99. The number of benzene rings is 1. The molecule has 1 N–H and O–H groups in total. The van der Waals surface area contributed by atoms with E-state index in [-0.39, 0.29) is 12.0 Å². The average molecular weight is 258 g/mol. The summed E-state index contributed by atoms with van der Waals surface area (Å²) in [5.41, 5.74) is 3.60. The third-order valence-electron chi connectivity index (χ3n) is 3.98. The van der Waals surface area contributed by atoms with Crippen molar-refractivity contribution in [3.63, 3.8) is 0 Å². The van der Waals surface area contributed by atoms with E-state index in [1.54, 1.807) is 11.3 Å². The highest BCUT2D eigenvalue weighted by atomic mass is 32.1. The predicted octanol–water partition coefficient (Wildman–Crippen LogP) is 2.88. The van der Waals surface area contributed by atoms with Gasteiger partial charge in [-0.25, -0.2) is 4.98 Å². The van der Waals surface area contributed by atoms with Crippen molar-refractivity contribution in [2.24, 2.45) is 0 Å². The fourth-order valence-electron chi connectivity index (χ4n) is 2.63. The van der Waals surface area contributed by atoms with Crippen molar-refractivity contribution in [3.05, 3.63) is 35.7 Å². The van der Waals surface area contributed by atoms with Crippen LogP contribution in [0.5, 0.6) is 0 Å². The van der Waals surface area contributed by atoms with Gasteiger partial charge in [0.25, 0.3) is 0 Å². The van der Waals surface area contributed by atoms with Crippen LogP contribution in [-0.2, 0) is 5.41 Å². The molecule has 4 rings (SSSR count). The summed E-state index contributed by atoms with van der Waals surface area (Å²) in [7, 11) is 0. The van der Waals surface area contributed by atoms with Crippen molar-refractivity contribution < 1.29 is 5.11 Å². The smallest absolute Gasteiger partial charge is 0.194 e. The Morgan fingerprint density at radius 2 is 2.28 bits per heavy atom. The molecule has 2 heterocycles.